The molecule has 0 aliphatic carbocycles. The molecule has 0 aliphatic rings. The van der Waals surface area contributed by atoms with E-state index >= 15 is 0 Å². The Morgan fingerprint density at radius 2 is 1.96 bits per heavy atom. The van der Waals surface area contributed by atoms with Crippen molar-refractivity contribution in [2.45, 2.75) is 6.92 Å². The maximum absolute atomic E-state index is 12.5. The number of ether oxygens (including phenoxy) is 1. The summed E-state index contributed by atoms with van der Waals surface area (Å²) >= 11 is 0. The van der Waals surface area contributed by atoms with Crippen LogP contribution in [0.15, 0.2) is 57.9 Å². The molecule has 7 nitrogen and oxygen atoms in total. The minimum atomic E-state index is -0.605. The monoisotopic (exact) mass is 379 g/mol. The van der Waals surface area contributed by atoms with Crippen LogP contribution >= 0.6 is 0 Å². The van der Waals surface area contributed by atoms with Gasteiger partial charge in [0.05, 0.1) is 29.3 Å². The molecule has 0 saturated heterocycles. The zero-order chi connectivity index (χ0) is 20.3. The lowest BCUT2D eigenvalue weighted by atomic mass is 10.1. The standard InChI is InChI=1S/C21H17NO6/c1-12-3-7-18-15(9-12)20(25)14(11-28-18)5-8-19(24)22-16-6-4-13(10-17(16)23)21(26)27-2/h3-11,23H,1-2H3,(H,22,24)/b8-5+. The number of nitrogens with one attached hydrogen (secondary N) is 1. The third-order valence-electron chi connectivity index (χ3n) is 4.05. The van der Waals surface area contributed by atoms with Gasteiger partial charge in [-0.3, -0.25) is 9.59 Å². The van der Waals surface area contributed by atoms with Crippen molar-refractivity contribution >= 4 is 34.6 Å². The number of benzene rings is 2. The largest absolute Gasteiger partial charge is 0.506 e. The summed E-state index contributed by atoms with van der Waals surface area (Å²) in [6.07, 6.45) is 3.77. The fraction of sp³-hybridized carbons (Fsp3) is 0.0952. The number of esters is 1. The lowest BCUT2D eigenvalue weighted by Crippen LogP contribution is -2.10. The summed E-state index contributed by atoms with van der Waals surface area (Å²) in [6, 6.07) is 9.25. The number of aromatic hydroxyl groups is 1. The number of methoxy groups -OCH3 is 1. The van der Waals surface area contributed by atoms with Crippen molar-refractivity contribution in [3.05, 3.63) is 75.7 Å². The Hall–Kier alpha value is -3.87. The molecule has 0 unspecified atom stereocenters. The van der Waals surface area contributed by atoms with Gasteiger partial charge < -0.3 is 19.6 Å². The van der Waals surface area contributed by atoms with Crippen molar-refractivity contribution in [3.8, 4) is 5.75 Å². The Balaban J connectivity index is 1.79. The van der Waals surface area contributed by atoms with Gasteiger partial charge in [-0.05, 0) is 43.3 Å². The highest BCUT2D eigenvalue weighted by atomic mass is 16.5. The van der Waals surface area contributed by atoms with Crippen LogP contribution in [0, 0.1) is 6.92 Å². The predicted molar refractivity (Wildman–Crippen MR) is 104 cm³/mol. The zero-order valence-corrected chi connectivity index (χ0v) is 15.2. The number of amides is 1. The summed E-state index contributed by atoms with van der Waals surface area (Å²) in [7, 11) is 1.23. The topological polar surface area (TPSA) is 106 Å². The van der Waals surface area contributed by atoms with E-state index in [0.717, 1.165) is 11.6 Å². The van der Waals surface area contributed by atoms with Crippen LogP contribution in [0.25, 0.3) is 17.0 Å². The van der Waals surface area contributed by atoms with Crippen LogP contribution in [0.3, 0.4) is 0 Å². The lowest BCUT2D eigenvalue weighted by Gasteiger charge is -2.07. The summed E-state index contributed by atoms with van der Waals surface area (Å²) in [4.78, 5) is 36.1. The number of phenolic OH excluding ortho intramolecular Hbond substituents is 1. The average molecular weight is 379 g/mol. The molecule has 142 valence electrons. The van der Waals surface area contributed by atoms with Gasteiger partial charge in [0.2, 0.25) is 5.91 Å². The molecular weight excluding hydrogens is 362 g/mol. The molecule has 0 saturated carbocycles. The van der Waals surface area contributed by atoms with Crippen molar-refractivity contribution < 1.29 is 23.8 Å². The molecule has 7 heteroatoms. The molecule has 0 radical (unpaired) electrons. The summed E-state index contributed by atoms with van der Waals surface area (Å²) in [5, 5.41) is 12.8. The minimum Gasteiger partial charge on any atom is -0.506 e. The number of hydrogen-bond donors (Lipinski definition) is 2. The van der Waals surface area contributed by atoms with Crippen molar-refractivity contribution in [2.24, 2.45) is 0 Å². The molecule has 0 spiro atoms. The zero-order valence-electron chi connectivity index (χ0n) is 15.2. The third kappa shape index (κ3) is 3.93. The highest BCUT2D eigenvalue weighted by Gasteiger charge is 2.11. The van der Waals surface area contributed by atoms with Crippen LogP contribution in [-0.2, 0) is 9.53 Å². The molecule has 3 aromatic rings. The number of fused-ring (bicyclic) bond motifs is 1. The van der Waals surface area contributed by atoms with E-state index in [1.54, 1.807) is 12.1 Å². The van der Waals surface area contributed by atoms with Crippen molar-refractivity contribution in [3.63, 3.8) is 0 Å². The molecule has 2 N–H and O–H groups in total. The summed E-state index contributed by atoms with van der Waals surface area (Å²) in [5.41, 5.74) is 1.62. The Bertz CT molecular complexity index is 1160. The van der Waals surface area contributed by atoms with Crippen molar-refractivity contribution in [1.29, 1.82) is 0 Å². The number of carbonyl (C=O) groups is 2. The van der Waals surface area contributed by atoms with Gasteiger partial charge >= 0.3 is 5.97 Å². The van der Waals surface area contributed by atoms with Gasteiger partial charge in [-0.1, -0.05) is 11.6 Å². The van der Waals surface area contributed by atoms with E-state index in [2.05, 4.69) is 10.1 Å². The molecule has 0 fully saturated rings. The Labute approximate surface area is 159 Å². The van der Waals surface area contributed by atoms with E-state index in [0.29, 0.717) is 11.0 Å². The lowest BCUT2D eigenvalue weighted by molar-refractivity contribution is -0.111. The maximum atomic E-state index is 12.5. The van der Waals surface area contributed by atoms with E-state index in [1.807, 2.05) is 13.0 Å². The number of anilines is 1. The molecule has 0 atom stereocenters. The maximum Gasteiger partial charge on any atom is 0.337 e. The Kier molecular flexibility index (Phi) is 5.26. The van der Waals surface area contributed by atoms with Gasteiger partial charge in [-0.15, -0.1) is 0 Å². The van der Waals surface area contributed by atoms with Crippen LogP contribution < -0.4 is 10.7 Å². The van der Waals surface area contributed by atoms with Crippen LogP contribution in [0.1, 0.15) is 21.5 Å². The van der Waals surface area contributed by atoms with Crippen molar-refractivity contribution in [2.75, 3.05) is 12.4 Å². The summed E-state index contributed by atoms with van der Waals surface area (Å²) in [5.74, 6) is -1.46. The second-order valence-electron chi connectivity index (χ2n) is 6.07. The minimum absolute atomic E-state index is 0.114. The van der Waals surface area contributed by atoms with Crippen molar-refractivity contribution in [1.82, 2.24) is 0 Å². The van der Waals surface area contributed by atoms with Crippen LogP contribution in [0.5, 0.6) is 5.75 Å². The molecule has 1 heterocycles. The predicted octanol–water partition coefficient (Wildman–Crippen LogP) is 3.25. The second-order valence-corrected chi connectivity index (χ2v) is 6.07. The second kappa shape index (κ2) is 7.79. The highest BCUT2D eigenvalue weighted by molar-refractivity contribution is 6.03. The fourth-order valence-electron chi connectivity index (χ4n) is 2.60. The van der Waals surface area contributed by atoms with Gasteiger partial charge in [-0.2, -0.15) is 0 Å². The number of rotatable bonds is 4. The molecule has 0 bridgehead atoms. The van der Waals surface area contributed by atoms with Gasteiger partial charge in [-0.25, -0.2) is 4.79 Å². The first-order valence-corrected chi connectivity index (χ1v) is 8.31. The molecule has 1 amide bonds. The van der Waals surface area contributed by atoms with E-state index in [9.17, 15) is 19.5 Å². The average Bonchev–Trinajstić information content (AvgIpc) is 2.68. The molecule has 0 aliphatic heterocycles. The summed E-state index contributed by atoms with van der Waals surface area (Å²) in [6.45, 7) is 1.87. The number of hydrogen-bond acceptors (Lipinski definition) is 6. The smallest absolute Gasteiger partial charge is 0.337 e. The Morgan fingerprint density at radius 3 is 2.68 bits per heavy atom. The number of phenols is 1. The third-order valence-corrected chi connectivity index (χ3v) is 4.05. The Morgan fingerprint density at radius 1 is 1.18 bits per heavy atom. The number of carbonyl (C=O) groups excluding carboxylic acids is 2. The van der Waals surface area contributed by atoms with Gasteiger partial charge in [0, 0.05) is 6.08 Å². The van der Waals surface area contributed by atoms with Crippen LogP contribution in [-0.4, -0.2) is 24.1 Å². The molecule has 2 aromatic carbocycles. The number of aryl methyl sites for hydroxylation is 1. The van der Waals surface area contributed by atoms with Crippen LogP contribution in [0.2, 0.25) is 0 Å². The fourth-order valence-corrected chi connectivity index (χ4v) is 2.60. The highest BCUT2D eigenvalue weighted by Crippen LogP contribution is 2.24. The first-order chi connectivity index (χ1) is 13.4. The van der Waals surface area contributed by atoms with Gasteiger partial charge in [0.15, 0.2) is 5.43 Å². The summed E-state index contributed by atoms with van der Waals surface area (Å²) < 4.78 is 9.99. The SMILES string of the molecule is COC(=O)c1ccc(NC(=O)/C=C/c2coc3ccc(C)cc3c2=O)c(O)c1. The molecule has 1 aromatic heterocycles. The van der Waals surface area contributed by atoms with E-state index in [1.165, 1.54) is 37.6 Å². The first kappa shape index (κ1) is 18.9. The van der Waals surface area contributed by atoms with Gasteiger partial charge in [0.25, 0.3) is 0 Å². The first-order valence-electron chi connectivity index (χ1n) is 8.31. The molecule has 28 heavy (non-hydrogen) atoms. The van der Waals surface area contributed by atoms with E-state index in [-0.39, 0.29) is 28.0 Å². The van der Waals surface area contributed by atoms with Gasteiger partial charge in [0.1, 0.15) is 17.6 Å². The molecule has 3 rings (SSSR count). The normalized spacial score (nSPS) is 10.9. The molecular formula is C21H17NO6. The van der Waals surface area contributed by atoms with E-state index in [4.69, 9.17) is 4.42 Å². The van der Waals surface area contributed by atoms with E-state index < -0.39 is 11.9 Å². The quantitative estimate of drug-likeness (QED) is 0.409. The van der Waals surface area contributed by atoms with Crippen LogP contribution in [0.4, 0.5) is 5.69 Å².